The lowest BCUT2D eigenvalue weighted by Gasteiger charge is -2.25. The van der Waals surface area contributed by atoms with E-state index in [1.807, 2.05) is 48.5 Å². The van der Waals surface area contributed by atoms with Gasteiger partial charge in [0, 0.05) is 33.9 Å². The van der Waals surface area contributed by atoms with E-state index < -0.39 is 0 Å². The second kappa shape index (κ2) is 7.30. The van der Waals surface area contributed by atoms with Crippen molar-refractivity contribution in [1.82, 2.24) is 0 Å². The summed E-state index contributed by atoms with van der Waals surface area (Å²) in [5, 5.41) is 13.8. The van der Waals surface area contributed by atoms with Crippen LogP contribution in [-0.2, 0) is 0 Å². The summed E-state index contributed by atoms with van der Waals surface area (Å²) in [7, 11) is 0. The Labute approximate surface area is 185 Å². The van der Waals surface area contributed by atoms with E-state index >= 15 is 0 Å². The van der Waals surface area contributed by atoms with E-state index in [1.54, 1.807) is 0 Å². The molecule has 0 bridgehead atoms. The quantitative estimate of drug-likeness (QED) is 0.296. The van der Waals surface area contributed by atoms with Crippen molar-refractivity contribution in [2.75, 3.05) is 4.90 Å². The molecule has 0 N–H and O–H groups in total. The summed E-state index contributed by atoms with van der Waals surface area (Å²) in [6.07, 6.45) is 0. The van der Waals surface area contributed by atoms with Crippen LogP contribution in [0, 0.1) is 11.3 Å². The number of fused-ring (bicyclic) bond motifs is 5. The highest BCUT2D eigenvalue weighted by molar-refractivity contribution is 6.19. The number of hydrogen-bond donors (Lipinski definition) is 0. The third-order valence-electron chi connectivity index (χ3n) is 5.87. The minimum Gasteiger partial charge on any atom is -0.456 e. The van der Waals surface area contributed by atoms with Gasteiger partial charge in [0.25, 0.3) is 0 Å². The summed E-state index contributed by atoms with van der Waals surface area (Å²) in [5.41, 5.74) is 5.40. The Morgan fingerprint density at radius 1 is 0.594 bits per heavy atom. The molecule has 0 aliphatic carbocycles. The van der Waals surface area contributed by atoms with Gasteiger partial charge in [-0.15, -0.1) is 0 Å². The first kappa shape index (κ1) is 18.2. The van der Waals surface area contributed by atoms with Crippen molar-refractivity contribution in [2.24, 2.45) is 0 Å². The maximum Gasteiger partial charge on any atom is 0.137 e. The van der Waals surface area contributed by atoms with E-state index in [1.165, 1.54) is 10.8 Å². The van der Waals surface area contributed by atoms with E-state index in [9.17, 15) is 5.26 Å². The molecule has 1 heterocycles. The molecule has 0 unspecified atom stereocenters. The van der Waals surface area contributed by atoms with Gasteiger partial charge < -0.3 is 9.32 Å². The van der Waals surface area contributed by atoms with Crippen LogP contribution in [0.3, 0.4) is 0 Å². The predicted octanol–water partition coefficient (Wildman–Crippen LogP) is 8.08. The molecule has 0 aliphatic rings. The minimum absolute atomic E-state index is 0.640. The van der Waals surface area contributed by atoms with Crippen molar-refractivity contribution in [3.8, 4) is 6.07 Å². The Kier molecular flexibility index (Phi) is 4.16. The molecule has 150 valence electrons. The Bertz CT molecular complexity index is 1620. The number of rotatable bonds is 3. The van der Waals surface area contributed by atoms with Crippen molar-refractivity contribution >= 4 is 49.8 Å². The molecule has 0 aliphatic heterocycles. The van der Waals surface area contributed by atoms with Gasteiger partial charge in [-0.25, -0.2) is 0 Å². The van der Waals surface area contributed by atoms with Crippen molar-refractivity contribution in [3.63, 3.8) is 0 Å². The highest BCUT2D eigenvalue weighted by Gasteiger charge is 2.16. The lowest BCUT2D eigenvalue weighted by Crippen LogP contribution is -2.09. The highest BCUT2D eigenvalue weighted by atomic mass is 16.3. The Morgan fingerprint density at radius 2 is 1.31 bits per heavy atom. The van der Waals surface area contributed by atoms with Crippen LogP contribution < -0.4 is 4.90 Å². The van der Waals surface area contributed by atoms with E-state index in [0.29, 0.717) is 5.56 Å². The molecule has 0 saturated heterocycles. The number of para-hydroxylation sites is 1. The van der Waals surface area contributed by atoms with Crippen LogP contribution in [0.2, 0.25) is 0 Å². The molecule has 6 aromatic rings. The zero-order valence-electron chi connectivity index (χ0n) is 17.2. The first-order valence-corrected chi connectivity index (χ1v) is 10.5. The molecule has 1 aromatic heterocycles. The molecule has 6 rings (SSSR count). The van der Waals surface area contributed by atoms with Gasteiger partial charge >= 0.3 is 0 Å². The summed E-state index contributed by atoms with van der Waals surface area (Å²) in [6.45, 7) is 0. The van der Waals surface area contributed by atoms with Crippen LogP contribution in [0.25, 0.3) is 32.7 Å². The summed E-state index contributed by atoms with van der Waals surface area (Å²) in [5.74, 6) is 0. The first-order valence-electron chi connectivity index (χ1n) is 10.5. The first-order chi connectivity index (χ1) is 15.8. The summed E-state index contributed by atoms with van der Waals surface area (Å²) >= 11 is 0. The molecule has 0 amide bonds. The summed E-state index contributed by atoms with van der Waals surface area (Å²) < 4.78 is 6.29. The molecule has 0 atom stereocenters. The fraction of sp³-hybridized carbons (Fsp3) is 0. The summed E-state index contributed by atoms with van der Waals surface area (Å²) in [4.78, 5) is 2.17. The van der Waals surface area contributed by atoms with Crippen molar-refractivity contribution in [1.29, 1.82) is 5.26 Å². The fourth-order valence-electron chi connectivity index (χ4n) is 4.38. The number of nitriles is 1. The molecular weight excluding hydrogens is 392 g/mol. The average Bonchev–Trinajstić information content (AvgIpc) is 3.24. The molecule has 3 nitrogen and oxygen atoms in total. The van der Waals surface area contributed by atoms with Gasteiger partial charge in [-0.05, 0) is 65.4 Å². The van der Waals surface area contributed by atoms with Crippen LogP contribution in [0.4, 0.5) is 17.1 Å². The zero-order chi connectivity index (χ0) is 21.5. The average molecular weight is 410 g/mol. The second-order valence-electron chi connectivity index (χ2n) is 7.77. The third kappa shape index (κ3) is 2.90. The van der Waals surface area contributed by atoms with Crippen molar-refractivity contribution < 1.29 is 4.42 Å². The van der Waals surface area contributed by atoms with Gasteiger partial charge in [-0.3, -0.25) is 0 Å². The highest BCUT2D eigenvalue weighted by Crippen LogP contribution is 2.40. The van der Waals surface area contributed by atoms with Crippen molar-refractivity contribution in [2.45, 2.75) is 0 Å². The number of hydrogen-bond acceptors (Lipinski definition) is 3. The van der Waals surface area contributed by atoms with Crippen LogP contribution >= 0.6 is 0 Å². The summed E-state index contributed by atoms with van der Waals surface area (Å²) in [6, 6.07) is 39.0. The molecule has 0 radical (unpaired) electrons. The molecule has 3 heteroatoms. The number of anilines is 3. The van der Waals surface area contributed by atoms with E-state index in [2.05, 4.69) is 71.6 Å². The van der Waals surface area contributed by atoms with Gasteiger partial charge in [0.1, 0.15) is 11.2 Å². The zero-order valence-corrected chi connectivity index (χ0v) is 17.2. The molecule has 0 saturated carbocycles. The van der Waals surface area contributed by atoms with Gasteiger partial charge in [0.2, 0.25) is 0 Å². The molecule has 0 fully saturated rings. The van der Waals surface area contributed by atoms with E-state index in [0.717, 1.165) is 39.0 Å². The van der Waals surface area contributed by atoms with Crippen LogP contribution in [0.1, 0.15) is 5.56 Å². The van der Waals surface area contributed by atoms with E-state index in [-0.39, 0.29) is 0 Å². The fourth-order valence-corrected chi connectivity index (χ4v) is 4.38. The monoisotopic (exact) mass is 410 g/mol. The van der Waals surface area contributed by atoms with Gasteiger partial charge in [0.15, 0.2) is 0 Å². The lowest BCUT2D eigenvalue weighted by molar-refractivity contribution is 0.669. The largest absolute Gasteiger partial charge is 0.456 e. The number of nitrogens with zero attached hydrogens (tertiary/aromatic N) is 2. The normalized spacial score (nSPS) is 11.1. The number of furan rings is 1. The maximum absolute atomic E-state index is 9.19. The van der Waals surface area contributed by atoms with Crippen molar-refractivity contribution in [3.05, 3.63) is 115 Å². The van der Waals surface area contributed by atoms with Crippen LogP contribution in [-0.4, -0.2) is 0 Å². The molecule has 32 heavy (non-hydrogen) atoms. The lowest BCUT2D eigenvalue weighted by atomic mass is 10.0. The predicted molar refractivity (Wildman–Crippen MR) is 131 cm³/mol. The standard InChI is InChI=1S/C29H18N2O/c30-19-20-10-13-23(14-11-20)31(22-7-2-1-3-8-22)24-15-16-26-28(18-24)32-27-17-12-21-6-4-5-9-25(21)29(26)27/h1-18H. The topological polar surface area (TPSA) is 40.2 Å². The minimum atomic E-state index is 0.640. The Morgan fingerprint density at radius 3 is 2.12 bits per heavy atom. The Hall–Kier alpha value is -4.55. The smallest absolute Gasteiger partial charge is 0.137 e. The maximum atomic E-state index is 9.19. The van der Waals surface area contributed by atoms with Crippen LogP contribution in [0.15, 0.2) is 114 Å². The van der Waals surface area contributed by atoms with E-state index in [4.69, 9.17) is 4.42 Å². The molecule has 5 aromatic carbocycles. The number of benzene rings is 5. The third-order valence-corrected chi connectivity index (χ3v) is 5.87. The second-order valence-corrected chi connectivity index (χ2v) is 7.77. The molecular formula is C29H18N2O. The van der Waals surface area contributed by atoms with Crippen LogP contribution in [0.5, 0.6) is 0 Å². The Balaban J connectivity index is 1.57. The molecule has 0 spiro atoms. The van der Waals surface area contributed by atoms with Gasteiger partial charge in [-0.1, -0.05) is 48.5 Å². The van der Waals surface area contributed by atoms with Gasteiger partial charge in [-0.2, -0.15) is 5.26 Å². The SMILES string of the molecule is N#Cc1ccc(N(c2ccccc2)c2ccc3c(c2)oc2ccc4ccccc4c23)cc1. The van der Waals surface area contributed by atoms with Gasteiger partial charge in [0.05, 0.1) is 11.6 Å².